The van der Waals surface area contributed by atoms with Crippen LogP contribution in [-0.2, 0) is 14.1 Å². The van der Waals surface area contributed by atoms with Crippen LogP contribution < -0.4 is 0 Å². The second-order valence-corrected chi connectivity index (χ2v) is 5.87. The zero-order valence-corrected chi connectivity index (χ0v) is 13.4. The van der Waals surface area contributed by atoms with Crippen LogP contribution >= 0.6 is 11.8 Å². The first-order valence-electron chi connectivity index (χ1n) is 6.82. The topological polar surface area (TPSA) is 92.5 Å². The monoisotopic (exact) mass is 326 g/mol. The maximum Gasteiger partial charge on any atom is 0.191 e. The summed E-state index contributed by atoms with van der Waals surface area (Å²) in [5.41, 5.74) is 1.86. The maximum absolute atomic E-state index is 10.3. The first kappa shape index (κ1) is 15.1. The van der Waals surface area contributed by atoms with Gasteiger partial charge >= 0.3 is 0 Å². The molecule has 7 nitrogen and oxygen atoms in total. The molecule has 0 aliphatic heterocycles. The largest absolute Gasteiger partial charge is 0.510 e. The fraction of sp³-hybridized carbons (Fsp3) is 0.200. The summed E-state index contributed by atoms with van der Waals surface area (Å²) in [6, 6.07) is 9.65. The van der Waals surface area contributed by atoms with Crippen LogP contribution in [0.4, 0.5) is 0 Å². The third-order valence-corrected chi connectivity index (χ3v) is 4.46. The van der Waals surface area contributed by atoms with Crippen molar-refractivity contribution in [2.75, 3.05) is 5.75 Å². The van der Waals surface area contributed by atoms with Gasteiger partial charge in [0.15, 0.2) is 11.0 Å². The van der Waals surface area contributed by atoms with Crippen molar-refractivity contribution in [3.8, 4) is 6.07 Å². The third kappa shape index (κ3) is 2.78. The molecule has 0 radical (unpaired) electrons. The van der Waals surface area contributed by atoms with Gasteiger partial charge < -0.3 is 14.2 Å². The number of imidazole rings is 1. The Morgan fingerprint density at radius 1 is 1.35 bits per heavy atom. The SMILES string of the molecule is Cn1cnnc1SC/C(O)=C(\C#N)c1nc2ccccc2n1C. The molecule has 2 aromatic heterocycles. The molecule has 1 aromatic carbocycles. The lowest BCUT2D eigenvalue weighted by Crippen LogP contribution is -2.01. The molecule has 0 unspecified atom stereocenters. The molecule has 3 aromatic rings. The van der Waals surface area contributed by atoms with Crippen molar-refractivity contribution in [2.45, 2.75) is 5.16 Å². The smallest absolute Gasteiger partial charge is 0.191 e. The van der Waals surface area contributed by atoms with E-state index in [1.165, 1.54) is 11.8 Å². The Kier molecular flexibility index (Phi) is 4.04. The third-order valence-electron chi connectivity index (χ3n) is 3.42. The Labute approximate surface area is 136 Å². The van der Waals surface area contributed by atoms with Gasteiger partial charge in [0, 0.05) is 14.1 Å². The number of aliphatic hydroxyl groups excluding tert-OH is 1. The molecular weight excluding hydrogens is 312 g/mol. The van der Waals surface area contributed by atoms with E-state index in [9.17, 15) is 10.4 Å². The fourth-order valence-electron chi connectivity index (χ4n) is 2.22. The molecule has 2 heterocycles. The molecule has 23 heavy (non-hydrogen) atoms. The van der Waals surface area contributed by atoms with Crippen LogP contribution in [0.5, 0.6) is 0 Å². The van der Waals surface area contributed by atoms with Gasteiger partial charge in [-0.25, -0.2) is 4.98 Å². The standard InChI is InChI=1S/C15H14N6OS/c1-20-9-17-19-15(20)23-8-13(22)10(7-16)14-18-11-5-3-4-6-12(11)21(14)2/h3-6,9,22H,8H2,1-2H3/b13-10-. The van der Waals surface area contributed by atoms with Crippen LogP contribution in [-0.4, -0.2) is 35.2 Å². The Balaban J connectivity index is 1.95. The summed E-state index contributed by atoms with van der Waals surface area (Å²) in [6.07, 6.45) is 1.58. The first-order chi connectivity index (χ1) is 11.1. The predicted molar refractivity (Wildman–Crippen MR) is 87.6 cm³/mol. The van der Waals surface area contributed by atoms with E-state index in [-0.39, 0.29) is 17.1 Å². The Hall–Kier alpha value is -2.79. The van der Waals surface area contributed by atoms with E-state index in [0.717, 1.165) is 11.0 Å². The van der Waals surface area contributed by atoms with Crippen molar-refractivity contribution in [1.82, 2.24) is 24.3 Å². The summed E-state index contributed by atoms with van der Waals surface area (Å²) in [7, 11) is 3.64. The van der Waals surface area contributed by atoms with Crippen LogP contribution in [0.25, 0.3) is 16.6 Å². The molecule has 3 rings (SSSR count). The van der Waals surface area contributed by atoms with Gasteiger partial charge in [-0.05, 0) is 12.1 Å². The van der Waals surface area contributed by atoms with E-state index in [1.54, 1.807) is 15.5 Å². The van der Waals surface area contributed by atoms with Gasteiger partial charge in [0.25, 0.3) is 0 Å². The highest BCUT2D eigenvalue weighted by molar-refractivity contribution is 7.99. The average molecular weight is 326 g/mol. The van der Waals surface area contributed by atoms with Gasteiger partial charge in [-0.2, -0.15) is 5.26 Å². The molecule has 0 saturated carbocycles. The number of aryl methyl sites for hydroxylation is 2. The second kappa shape index (κ2) is 6.14. The van der Waals surface area contributed by atoms with E-state index in [2.05, 4.69) is 21.3 Å². The summed E-state index contributed by atoms with van der Waals surface area (Å²) < 4.78 is 3.55. The van der Waals surface area contributed by atoms with Crippen LogP contribution in [0, 0.1) is 11.3 Å². The number of nitrogens with zero attached hydrogens (tertiary/aromatic N) is 6. The number of thioether (sulfide) groups is 1. The van der Waals surface area contributed by atoms with E-state index in [0.29, 0.717) is 11.0 Å². The highest BCUT2D eigenvalue weighted by atomic mass is 32.2. The lowest BCUT2D eigenvalue weighted by atomic mass is 10.2. The van der Waals surface area contributed by atoms with E-state index in [4.69, 9.17) is 0 Å². The van der Waals surface area contributed by atoms with Crippen molar-refractivity contribution in [2.24, 2.45) is 14.1 Å². The first-order valence-corrected chi connectivity index (χ1v) is 7.81. The van der Waals surface area contributed by atoms with Crippen molar-refractivity contribution in [1.29, 1.82) is 5.26 Å². The minimum absolute atomic E-state index is 0.0288. The van der Waals surface area contributed by atoms with Gasteiger partial charge in [0.2, 0.25) is 0 Å². The highest BCUT2D eigenvalue weighted by Crippen LogP contribution is 2.24. The lowest BCUT2D eigenvalue weighted by Gasteiger charge is -2.05. The Morgan fingerprint density at radius 2 is 2.13 bits per heavy atom. The average Bonchev–Trinajstić information content (AvgIpc) is 3.11. The van der Waals surface area contributed by atoms with Gasteiger partial charge in [-0.1, -0.05) is 23.9 Å². The van der Waals surface area contributed by atoms with Crippen molar-refractivity contribution in [3.05, 3.63) is 42.2 Å². The lowest BCUT2D eigenvalue weighted by molar-refractivity contribution is 0.420. The molecule has 0 spiro atoms. The molecule has 116 valence electrons. The molecule has 0 fully saturated rings. The summed E-state index contributed by atoms with van der Waals surface area (Å²) in [5, 5.41) is 28.2. The van der Waals surface area contributed by atoms with E-state index in [1.807, 2.05) is 38.4 Å². The highest BCUT2D eigenvalue weighted by Gasteiger charge is 2.17. The molecule has 8 heteroatoms. The van der Waals surface area contributed by atoms with E-state index >= 15 is 0 Å². The normalized spacial score (nSPS) is 12.2. The molecule has 0 aliphatic carbocycles. The number of nitriles is 1. The summed E-state index contributed by atoms with van der Waals surface area (Å²) in [6.45, 7) is 0. The molecule has 0 aliphatic rings. The van der Waals surface area contributed by atoms with Gasteiger partial charge in [0.1, 0.15) is 23.7 Å². The quantitative estimate of drug-likeness (QED) is 0.449. The minimum atomic E-state index is -0.0288. The van der Waals surface area contributed by atoms with Crippen molar-refractivity contribution >= 4 is 28.4 Å². The molecule has 0 amide bonds. The van der Waals surface area contributed by atoms with Gasteiger partial charge in [-0.3, -0.25) is 0 Å². The molecule has 0 bridgehead atoms. The molecule has 0 saturated heterocycles. The number of aliphatic hydroxyl groups is 1. The number of fused-ring (bicyclic) bond motifs is 1. The zero-order valence-electron chi connectivity index (χ0n) is 12.6. The van der Waals surface area contributed by atoms with Gasteiger partial charge in [-0.15, -0.1) is 10.2 Å². The molecule has 0 atom stereocenters. The van der Waals surface area contributed by atoms with Crippen molar-refractivity contribution in [3.63, 3.8) is 0 Å². The Morgan fingerprint density at radius 3 is 2.78 bits per heavy atom. The molecular formula is C15H14N6OS. The minimum Gasteiger partial charge on any atom is -0.510 e. The number of aromatic nitrogens is 5. The summed E-state index contributed by atoms with van der Waals surface area (Å²) >= 11 is 1.31. The number of benzene rings is 1. The molecule has 1 N–H and O–H groups in total. The summed E-state index contributed by atoms with van der Waals surface area (Å²) in [4.78, 5) is 4.45. The number of hydrogen-bond acceptors (Lipinski definition) is 6. The zero-order chi connectivity index (χ0) is 16.4. The van der Waals surface area contributed by atoms with Gasteiger partial charge in [0.05, 0.1) is 16.8 Å². The van der Waals surface area contributed by atoms with Crippen LogP contribution in [0.3, 0.4) is 0 Å². The number of hydrogen-bond donors (Lipinski definition) is 1. The fourth-order valence-corrected chi connectivity index (χ4v) is 2.99. The van der Waals surface area contributed by atoms with E-state index < -0.39 is 0 Å². The van der Waals surface area contributed by atoms with Crippen LogP contribution in [0.1, 0.15) is 5.82 Å². The maximum atomic E-state index is 10.3. The number of para-hydroxylation sites is 2. The second-order valence-electron chi connectivity index (χ2n) is 4.93. The summed E-state index contributed by atoms with van der Waals surface area (Å²) in [5.74, 6) is 0.641. The Bertz CT molecular complexity index is 933. The van der Waals surface area contributed by atoms with Crippen LogP contribution in [0.15, 0.2) is 41.5 Å². The number of rotatable bonds is 4. The van der Waals surface area contributed by atoms with Crippen LogP contribution in [0.2, 0.25) is 0 Å². The predicted octanol–water partition coefficient (Wildman–Crippen LogP) is 2.29. The number of allylic oxidation sites excluding steroid dienone is 1. The van der Waals surface area contributed by atoms with Crippen molar-refractivity contribution < 1.29 is 5.11 Å².